The molecule has 0 atom stereocenters. The van der Waals surface area contributed by atoms with E-state index >= 15 is 0 Å². The molecule has 0 aromatic rings. The predicted molar refractivity (Wildman–Crippen MR) is 101 cm³/mol. The summed E-state index contributed by atoms with van der Waals surface area (Å²) in [4.78, 5) is 10.8. The first-order valence-electron chi connectivity index (χ1n) is 10.5. The fourth-order valence-corrected chi connectivity index (χ4v) is 2.96. The highest BCUT2D eigenvalue weighted by Crippen LogP contribution is 2.14. The zero-order valence-electron chi connectivity index (χ0n) is 16.5. The second-order valence-electron chi connectivity index (χ2n) is 7.01. The smallest absolute Gasteiger partial charge is 0.372 e. The molecule has 0 aromatic carbocycles. The second kappa shape index (κ2) is 18.8. The maximum absolute atomic E-state index is 12.5. The van der Waals surface area contributed by atoms with Crippen molar-refractivity contribution in [3.8, 4) is 0 Å². The fourth-order valence-electron chi connectivity index (χ4n) is 2.96. The first-order valence-corrected chi connectivity index (χ1v) is 10.5. The molecule has 0 aliphatic rings. The van der Waals surface area contributed by atoms with Crippen LogP contribution in [0.15, 0.2) is 11.9 Å². The molecule has 0 aliphatic carbocycles. The minimum Gasteiger partial charge on any atom is -0.460 e. The highest BCUT2D eigenvalue weighted by molar-refractivity contribution is 5.86. The molecule has 0 aliphatic heterocycles. The van der Waals surface area contributed by atoms with Crippen molar-refractivity contribution in [2.24, 2.45) is 0 Å². The van der Waals surface area contributed by atoms with Gasteiger partial charge in [-0.25, -0.2) is 4.79 Å². The molecular formula is C21H37F3O2. The molecule has 0 aromatic heterocycles. The lowest BCUT2D eigenvalue weighted by atomic mass is 10.0. The Morgan fingerprint density at radius 2 is 0.962 bits per heavy atom. The van der Waals surface area contributed by atoms with E-state index in [1.165, 1.54) is 77.0 Å². The van der Waals surface area contributed by atoms with Crippen LogP contribution in [0.3, 0.4) is 0 Å². The number of esters is 1. The van der Waals surface area contributed by atoms with Crippen LogP contribution in [0.25, 0.3) is 0 Å². The van der Waals surface area contributed by atoms with Crippen LogP contribution in [0, 0.1) is 0 Å². The molecule has 5 heteroatoms. The van der Waals surface area contributed by atoms with Crippen LogP contribution in [-0.2, 0) is 9.53 Å². The van der Waals surface area contributed by atoms with Crippen molar-refractivity contribution in [3.05, 3.63) is 11.9 Å². The Balaban J connectivity index is 3.18. The van der Waals surface area contributed by atoms with Crippen molar-refractivity contribution in [3.63, 3.8) is 0 Å². The second-order valence-corrected chi connectivity index (χ2v) is 7.01. The number of rotatable bonds is 18. The van der Waals surface area contributed by atoms with Gasteiger partial charge in [0, 0.05) is 0 Å². The summed E-state index contributed by atoms with van der Waals surface area (Å²) in [5, 5.41) is 0. The van der Waals surface area contributed by atoms with Gasteiger partial charge in [-0.2, -0.15) is 13.2 Å². The van der Waals surface area contributed by atoms with Gasteiger partial charge in [0.05, 0.1) is 6.61 Å². The van der Waals surface area contributed by atoms with Crippen LogP contribution < -0.4 is 0 Å². The molecule has 2 nitrogen and oxygen atoms in total. The summed E-state index contributed by atoms with van der Waals surface area (Å²) in [6, 6.07) is 0. The summed E-state index contributed by atoms with van der Waals surface area (Å²) in [5.41, 5.74) is 0. The van der Waals surface area contributed by atoms with Crippen LogP contribution in [0.5, 0.6) is 0 Å². The summed E-state index contributed by atoms with van der Waals surface area (Å²) < 4.78 is 40.5. The molecule has 0 unspecified atom stereocenters. The number of unbranched alkanes of at least 4 members (excludes halogenated alkanes) is 15. The van der Waals surface area contributed by atoms with Gasteiger partial charge in [0.1, 0.15) is 0 Å². The van der Waals surface area contributed by atoms with E-state index in [1.54, 1.807) is 0 Å². The first kappa shape index (κ1) is 25.0. The Kier molecular flexibility index (Phi) is 18.1. The molecule has 0 amide bonds. The van der Waals surface area contributed by atoms with E-state index in [4.69, 9.17) is 0 Å². The van der Waals surface area contributed by atoms with Crippen LogP contribution in [0.1, 0.15) is 110 Å². The molecule has 0 spiro atoms. The Labute approximate surface area is 157 Å². The quantitative estimate of drug-likeness (QED) is 0.138. The summed E-state index contributed by atoms with van der Waals surface area (Å²) in [6.45, 7) is 2.25. The Morgan fingerprint density at radius 1 is 0.615 bits per heavy atom. The Morgan fingerprint density at radius 3 is 1.31 bits per heavy atom. The molecule has 0 rings (SSSR count). The summed E-state index contributed by atoms with van der Waals surface area (Å²) in [6.07, 6.45) is 17.1. The van der Waals surface area contributed by atoms with Crippen molar-refractivity contribution in [2.75, 3.05) is 6.61 Å². The van der Waals surface area contributed by atoms with E-state index in [0.717, 1.165) is 19.3 Å². The third-order valence-corrected chi connectivity index (χ3v) is 4.58. The van der Waals surface area contributed by atoms with E-state index in [0.29, 0.717) is 6.42 Å². The summed E-state index contributed by atoms with van der Waals surface area (Å²) in [5.74, 6) is -3.65. The average molecular weight is 379 g/mol. The number of hydrogen-bond donors (Lipinski definition) is 0. The van der Waals surface area contributed by atoms with Gasteiger partial charge in [-0.3, -0.25) is 0 Å². The lowest BCUT2D eigenvalue weighted by Crippen LogP contribution is -2.07. The maximum atomic E-state index is 12.5. The van der Waals surface area contributed by atoms with Crippen molar-refractivity contribution >= 4 is 5.97 Å². The molecule has 0 heterocycles. The predicted octanol–water partition coefficient (Wildman–Crippen LogP) is 7.87. The Bertz CT molecular complexity index is 366. The number of ether oxygens (including phenoxy) is 1. The number of halogens is 3. The molecule has 0 radical (unpaired) electrons. The van der Waals surface area contributed by atoms with Gasteiger partial charge < -0.3 is 4.74 Å². The number of hydrogen-bond acceptors (Lipinski definition) is 2. The van der Waals surface area contributed by atoms with Gasteiger partial charge in [0.15, 0.2) is 0 Å². The molecule has 0 saturated heterocycles. The van der Waals surface area contributed by atoms with Gasteiger partial charge >= 0.3 is 12.0 Å². The minimum absolute atomic E-state index is 0.00201. The maximum Gasteiger partial charge on any atom is 0.372 e. The first-order chi connectivity index (χ1) is 12.6. The number of carbonyl (C=O) groups excluding carboxylic acids is 1. The zero-order valence-corrected chi connectivity index (χ0v) is 16.5. The fraction of sp³-hybridized carbons (Fsp3) is 0.857. The zero-order chi connectivity index (χ0) is 19.5. The minimum atomic E-state index is -2.62. The van der Waals surface area contributed by atoms with E-state index in [2.05, 4.69) is 11.7 Å². The largest absolute Gasteiger partial charge is 0.460 e. The lowest BCUT2D eigenvalue weighted by Gasteiger charge is -2.04. The molecule has 0 N–H and O–H groups in total. The molecular weight excluding hydrogens is 341 g/mol. The van der Waals surface area contributed by atoms with Crippen molar-refractivity contribution in [2.45, 2.75) is 110 Å². The SMILES string of the molecule is CCCCCCCCCCCCCCCCCCOC(=O)C(F)=C(F)F. The highest BCUT2D eigenvalue weighted by Gasteiger charge is 2.16. The van der Waals surface area contributed by atoms with E-state index in [1.807, 2.05) is 0 Å². The molecule has 26 heavy (non-hydrogen) atoms. The summed E-state index contributed by atoms with van der Waals surface area (Å²) >= 11 is 0. The van der Waals surface area contributed by atoms with E-state index in [9.17, 15) is 18.0 Å². The third-order valence-electron chi connectivity index (χ3n) is 4.58. The highest BCUT2D eigenvalue weighted by atomic mass is 19.3. The number of carbonyl (C=O) groups is 1. The van der Waals surface area contributed by atoms with E-state index < -0.39 is 17.9 Å². The molecule has 154 valence electrons. The summed E-state index contributed by atoms with van der Waals surface area (Å²) in [7, 11) is 0. The van der Waals surface area contributed by atoms with Gasteiger partial charge in [0.2, 0.25) is 0 Å². The van der Waals surface area contributed by atoms with Gasteiger partial charge in [-0.15, -0.1) is 0 Å². The van der Waals surface area contributed by atoms with Crippen molar-refractivity contribution in [1.82, 2.24) is 0 Å². The van der Waals surface area contributed by atoms with Gasteiger partial charge in [0.25, 0.3) is 5.83 Å². The Hall–Kier alpha value is -1.00. The van der Waals surface area contributed by atoms with Crippen LogP contribution in [0.4, 0.5) is 13.2 Å². The van der Waals surface area contributed by atoms with Crippen LogP contribution >= 0.6 is 0 Å². The van der Waals surface area contributed by atoms with Crippen LogP contribution in [0.2, 0.25) is 0 Å². The monoisotopic (exact) mass is 378 g/mol. The van der Waals surface area contributed by atoms with Gasteiger partial charge in [-0.1, -0.05) is 103 Å². The third kappa shape index (κ3) is 16.5. The van der Waals surface area contributed by atoms with Crippen LogP contribution in [-0.4, -0.2) is 12.6 Å². The lowest BCUT2D eigenvalue weighted by molar-refractivity contribution is -0.141. The van der Waals surface area contributed by atoms with Crippen molar-refractivity contribution in [1.29, 1.82) is 0 Å². The average Bonchev–Trinajstić information content (AvgIpc) is 2.63. The van der Waals surface area contributed by atoms with E-state index in [-0.39, 0.29) is 6.61 Å². The van der Waals surface area contributed by atoms with Gasteiger partial charge in [-0.05, 0) is 6.42 Å². The standard InChI is InChI=1S/C21H37F3O2/c1-2-3-4-5-6-7-8-9-10-11-12-13-14-15-16-17-18-26-21(25)19(22)20(23)24/h2-18H2,1H3. The molecule has 0 saturated carbocycles. The normalized spacial score (nSPS) is 10.8. The topological polar surface area (TPSA) is 26.3 Å². The van der Waals surface area contributed by atoms with Crippen molar-refractivity contribution < 1.29 is 22.7 Å². The molecule has 0 bridgehead atoms. The molecule has 0 fully saturated rings.